The minimum Gasteiger partial charge on any atom is -0.481 e. The van der Waals surface area contributed by atoms with Crippen molar-refractivity contribution in [1.29, 1.82) is 0 Å². The van der Waals surface area contributed by atoms with Gasteiger partial charge in [-0.3, -0.25) is 4.79 Å². The van der Waals surface area contributed by atoms with Gasteiger partial charge in [0.15, 0.2) is 9.84 Å². The summed E-state index contributed by atoms with van der Waals surface area (Å²) in [6.45, 7) is 3.64. The van der Waals surface area contributed by atoms with Gasteiger partial charge in [-0.1, -0.05) is 12.1 Å². The molecule has 0 amide bonds. The quantitative estimate of drug-likeness (QED) is 0.591. The van der Waals surface area contributed by atoms with Crippen LogP contribution in [0.5, 0.6) is 0 Å². The molecule has 0 spiro atoms. The molecule has 0 saturated carbocycles. The Bertz CT molecular complexity index is 1140. The van der Waals surface area contributed by atoms with Gasteiger partial charge in [0.25, 0.3) is 0 Å². The Labute approximate surface area is 174 Å². The number of carboxylic acid groups (broad SMARTS) is 1. The van der Waals surface area contributed by atoms with Crippen LogP contribution in [0.2, 0.25) is 0 Å². The number of carboxylic acids is 1. The van der Waals surface area contributed by atoms with Gasteiger partial charge in [-0.2, -0.15) is 0 Å². The third-order valence-corrected chi connectivity index (χ3v) is 7.05. The summed E-state index contributed by atoms with van der Waals surface area (Å²) < 4.78 is 25.5. The number of nitrogens with zero attached hydrogens (tertiary/aromatic N) is 1. The molecule has 0 aliphatic rings. The van der Waals surface area contributed by atoms with Crippen LogP contribution in [0.15, 0.2) is 46.7 Å². The smallest absolute Gasteiger partial charge is 0.311 e. The van der Waals surface area contributed by atoms with Crippen molar-refractivity contribution in [2.75, 3.05) is 12.9 Å². The number of rotatable bonds is 7. The van der Waals surface area contributed by atoms with Gasteiger partial charge < -0.3 is 14.8 Å². The molecule has 3 rings (SSSR count). The van der Waals surface area contributed by atoms with E-state index in [1.54, 1.807) is 35.6 Å². The number of carbonyl (C=O) groups is 1. The molecule has 8 heteroatoms. The highest BCUT2D eigenvalue weighted by atomic mass is 32.2. The summed E-state index contributed by atoms with van der Waals surface area (Å²) in [5.41, 5.74) is 4.09. The minimum atomic E-state index is -3.31. The summed E-state index contributed by atoms with van der Waals surface area (Å²) in [7, 11) is -3.31. The van der Waals surface area contributed by atoms with E-state index >= 15 is 0 Å². The first-order chi connectivity index (χ1) is 13.6. The van der Waals surface area contributed by atoms with Crippen molar-refractivity contribution in [3.8, 4) is 16.3 Å². The zero-order valence-electron chi connectivity index (χ0n) is 16.4. The van der Waals surface area contributed by atoms with Crippen molar-refractivity contribution in [1.82, 2.24) is 4.57 Å². The monoisotopic (exact) mass is 433 g/mol. The number of hydrogen-bond donors (Lipinski definition) is 2. The van der Waals surface area contributed by atoms with Crippen molar-refractivity contribution in [2.45, 2.75) is 31.1 Å². The largest absolute Gasteiger partial charge is 0.481 e. The minimum absolute atomic E-state index is 0.121. The molecule has 6 nitrogen and oxygen atoms in total. The summed E-state index contributed by atoms with van der Waals surface area (Å²) in [6.07, 6.45) is 1.28. The average Bonchev–Trinajstić information content (AvgIpc) is 3.22. The van der Waals surface area contributed by atoms with E-state index in [-0.39, 0.29) is 17.9 Å². The number of thiophene rings is 1. The van der Waals surface area contributed by atoms with E-state index in [4.69, 9.17) is 0 Å². The SMILES string of the molecule is Cc1csc(-n2c(-c3ccc(S(C)(=O)=O)cc3)cc(C(CCO)C(=O)O)c2C)c1. The Kier molecular flexibility index (Phi) is 5.97. The van der Waals surface area contributed by atoms with E-state index < -0.39 is 21.7 Å². The van der Waals surface area contributed by atoms with Crippen LogP contribution in [0.3, 0.4) is 0 Å². The Morgan fingerprint density at radius 2 is 1.83 bits per heavy atom. The maximum atomic E-state index is 11.8. The standard InChI is InChI=1S/C21H23NO5S2/c1-13-10-20(28-12-13)22-14(2)18(17(8-9-23)21(24)25)11-19(22)15-4-6-16(7-5-15)29(3,26)27/h4-7,10-12,17,23H,8-9H2,1-3H3,(H,24,25). The molecule has 0 aliphatic heterocycles. The second-order valence-electron chi connectivity index (χ2n) is 7.07. The van der Waals surface area contributed by atoms with Gasteiger partial charge in [-0.05, 0) is 66.6 Å². The average molecular weight is 434 g/mol. The lowest BCUT2D eigenvalue weighted by Gasteiger charge is -2.13. The molecule has 3 aromatic rings. The van der Waals surface area contributed by atoms with Gasteiger partial charge in [0.05, 0.1) is 21.5 Å². The number of aliphatic hydroxyl groups excluding tert-OH is 1. The molecule has 0 fully saturated rings. The maximum Gasteiger partial charge on any atom is 0.311 e. The van der Waals surface area contributed by atoms with Crippen LogP contribution < -0.4 is 0 Å². The fourth-order valence-corrected chi connectivity index (χ4v) is 5.02. The molecule has 0 saturated heterocycles. The van der Waals surface area contributed by atoms with Crippen molar-refractivity contribution >= 4 is 27.1 Å². The number of benzene rings is 1. The molecule has 0 radical (unpaired) electrons. The van der Waals surface area contributed by atoms with Crippen LogP contribution in [0.25, 0.3) is 16.3 Å². The summed E-state index contributed by atoms with van der Waals surface area (Å²) in [5.74, 6) is -1.81. The second-order valence-corrected chi connectivity index (χ2v) is 9.97. The van der Waals surface area contributed by atoms with Crippen molar-refractivity contribution in [2.24, 2.45) is 0 Å². The van der Waals surface area contributed by atoms with Crippen LogP contribution in [0.1, 0.15) is 29.2 Å². The molecule has 2 N–H and O–H groups in total. The molecule has 154 valence electrons. The predicted molar refractivity (Wildman–Crippen MR) is 114 cm³/mol. The summed E-state index contributed by atoms with van der Waals surface area (Å²) in [5, 5.41) is 22.0. The molecule has 1 unspecified atom stereocenters. The molecule has 1 atom stereocenters. The van der Waals surface area contributed by atoms with Crippen LogP contribution in [0, 0.1) is 13.8 Å². The first-order valence-electron chi connectivity index (χ1n) is 9.05. The Hall–Kier alpha value is -2.42. The van der Waals surface area contributed by atoms with E-state index in [0.717, 1.165) is 33.8 Å². The van der Waals surface area contributed by atoms with E-state index in [9.17, 15) is 23.4 Å². The molecule has 1 aromatic carbocycles. The fraction of sp³-hybridized carbons (Fsp3) is 0.286. The van der Waals surface area contributed by atoms with E-state index in [2.05, 4.69) is 0 Å². The van der Waals surface area contributed by atoms with E-state index in [1.807, 2.05) is 35.9 Å². The van der Waals surface area contributed by atoms with Gasteiger partial charge in [0.1, 0.15) is 0 Å². The second kappa shape index (κ2) is 8.14. The van der Waals surface area contributed by atoms with Gasteiger partial charge in [-0.15, -0.1) is 11.3 Å². The molecule has 2 aromatic heterocycles. The maximum absolute atomic E-state index is 11.8. The summed E-state index contributed by atoms with van der Waals surface area (Å²) in [6, 6.07) is 10.4. The third kappa shape index (κ3) is 4.29. The van der Waals surface area contributed by atoms with Crippen LogP contribution >= 0.6 is 11.3 Å². The normalized spacial score (nSPS) is 12.8. The fourth-order valence-electron chi connectivity index (χ4n) is 3.42. The van der Waals surface area contributed by atoms with E-state index in [1.165, 1.54) is 0 Å². The van der Waals surface area contributed by atoms with Crippen molar-refractivity contribution in [3.05, 3.63) is 58.6 Å². The Morgan fingerprint density at radius 1 is 1.17 bits per heavy atom. The molecular formula is C21H23NO5S2. The number of aryl methyl sites for hydroxylation is 1. The first-order valence-corrected chi connectivity index (χ1v) is 11.8. The highest BCUT2D eigenvalue weighted by Gasteiger charge is 2.26. The number of aromatic nitrogens is 1. The predicted octanol–water partition coefficient (Wildman–Crippen LogP) is 3.78. The summed E-state index contributed by atoms with van der Waals surface area (Å²) >= 11 is 1.55. The van der Waals surface area contributed by atoms with Crippen molar-refractivity contribution in [3.63, 3.8) is 0 Å². The number of aliphatic carboxylic acids is 1. The van der Waals surface area contributed by atoms with E-state index in [0.29, 0.717) is 5.56 Å². The van der Waals surface area contributed by atoms with Gasteiger partial charge >= 0.3 is 5.97 Å². The number of sulfone groups is 1. The van der Waals surface area contributed by atoms with Crippen LogP contribution in [-0.4, -0.2) is 42.0 Å². The Morgan fingerprint density at radius 3 is 2.31 bits per heavy atom. The zero-order valence-corrected chi connectivity index (χ0v) is 18.0. The van der Waals surface area contributed by atoms with Crippen molar-refractivity contribution < 1.29 is 23.4 Å². The topological polar surface area (TPSA) is 96.6 Å². The lowest BCUT2D eigenvalue weighted by atomic mass is 9.96. The molecular weight excluding hydrogens is 410 g/mol. The van der Waals surface area contributed by atoms with Gasteiger partial charge in [-0.25, -0.2) is 8.42 Å². The lowest BCUT2D eigenvalue weighted by Crippen LogP contribution is -2.14. The number of hydrogen-bond acceptors (Lipinski definition) is 5. The Balaban J connectivity index is 2.22. The highest BCUT2D eigenvalue weighted by Crippen LogP contribution is 2.36. The van der Waals surface area contributed by atoms with Crippen LogP contribution in [0.4, 0.5) is 0 Å². The summed E-state index contributed by atoms with van der Waals surface area (Å²) in [4.78, 5) is 12.0. The highest BCUT2D eigenvalue weighted by molar-refractivity contribution is 7.90. The third-order valence-electron chi connectivity index (χ3n) is 4.89. The molecule has 0 bridgehead atoms. The lowest BCUT2D eigenvalue weighted by molar-refractivity contribution is -0.139. The van der Waals surface area contributed by atoms with Crippen LogP contribution in [-0.2, 0) is 14.6 Å². The first kappa shape index (κ1) is 21.3. The number of aliphatic hydroxyl groups is 1. The van der Waals surface area contributed by atoms with Gasteiger partial charge in [0.2, 0.25) is 0 Å². The van der Waals surface area contributed by atoms with Gasteiger partial charge in [0, 0.05) is 18.6 Å². The molecule has 0 aliphatic carbocycles. The molecule has 2 heterocycles. The molecule has 29 heavy (non-hydrogen) atoms. The zero-order chi connectivity index (χ0) is 21.3.